The minimum atomic E-state index is -0.751. The van der Waals surface area contributed by atoms with Crippen LogP contribution in [-0.2, 0) is 14.3 Å². The summed E-state index contributed by atoms with van der Waals surface area (Å²) in [6.45, 7) is 9.18. The summed E-state index contributed by atoms with van der Waals surface area (Å²) in [5.41, 5.74) is -0.304. The van der Waals surface area contributed by atoms with Gasteiger partial charge in [-0.15, -0.1) is 0 Å². The molecule has 0 saturated carbocycles. The van der Waals surface area contributed by atoms with E-state index in [1.165, 1.54) is 18.2 Å². The maximum absolute atomic E-state index is 13.1. The van der Waals surface area contributed by atoms with Crippen LogP contribution in [0.25, 0.3) is 0 Å². The predicted molar refractivity (Wildman–Crippen MR) is 96.0 cm³/mol. The fourth-order valence-corrected chi connectivity index (χ4v) is 2.86. The average molecular weight is 366 g/mol. The van der Waals surface area contributed by atoms with Gasteiger partial charge < -0.3 is 15.4 Å². The number of carbonyl (C=O) groups is 3. The van der Waals surface area contributed by atoms with Crippen molar-refractivity contribution in [2.24, 2.45) is 5.41 Å². The number of hydrogen-bond donors (Lipinski definition) is 2. The number of nitrogens with one attached hydrogen (secondary N) is 2. The van der Waals surface area contributed by atoms with Crippen LogP contribution in [0.2, 0.25) is 0 Å². The fourth-order valence-electron chi connectivity index (χ4n) is 2.86. The van der Waals surface area contributed by atoms with Gasteiger partial charge in [0.05, 0.1) is 0 Å². The Bertz CT molecular complexity index is 666. The molecule has 1 rings (SSSR count). The van der Waals surface area contributed by atoms with Crippen molar-refractivity contribution >= 4 is 17.8 Å². The van der Waals surface area contributed by atoms with Crippen LogP contribution in [0.4, 0.5) is 4.39 Å². The van der Waals surface area contributed by atoms with Gasteiger partial charge in [-0.1, -0.05) is 26.8 Å². The highest BCUT2D eigenvalue weighted by atomic mass is 19.1. The van der Waals surface area contributed by atoms with E-state index in [1.807, 2.05) is 13.8 Å². The van der Waals surface area contributed by atoms with E-state index in [4.69, 9.17) is 4.74 Å². The summed E-state index contributed by atoms with van der Waals surface area (Å²) < 4.78 is 17.9. The molecule has 2 amide bonds. The number of halogens is 1. The smallest absolute Gasteiger partial charge is 0.325 e. The summed E-state index contributed by atoms with van der Waals surface area (Å²) in [7, 11) is 0. The Morgan fingerprint density at radius 1 is 1.12 bits per heavy atom. The van der Waals surface area contributed by atoms with E-state index in [0.717, 1.165) is 12.5 Å². The van der Waals surface area contributed by atoms with Crippen LogP contribution < -0.4 is 10.6 Å². The van der Waals surface area contributed by atoms with Gasteiger partial charge in [0.1, 0.15) is 12.4 Å². The molecule has 0 atom stereocenters. The second-order valence-electron chi connectivity index (χ2n) is 8.02. The van der Waals surface area contributed by atoms with Gasteiger partial charge in [0.2, 0.25) is 0 Å². The van der Waals surface area contributed by atoms with Gasteiger partial charge in [-0.25, -0.2) is 4.39 Å². The molecular weight excluding hydrogens is 339 g/mol. The van der Waals surface area contributed by atoms with Crippen molar-refractivity contribution in [3.63, 3.8) is 0 Å². The molecule has 0 aliphatic rings. The lowest BCUT2D eigenvalue weighted by atomic mass is 9.82. The molecule has 0 aliphatic heterocycles. The van der Waals surface area contributed by atoms with Crippen molar-refractivity contribution in [2.75, 3.05) is 13.2 Å². The van der Waals surface area contributed by atoms with Crippen LogP contribution in [-0.4, -0.2) is 36.5 Å². The van der Waals surface area contributed by atoms with Gasteiger partial charge in [0.15, 0.2) is 6.61 Å². The summed E-state index contributed by atoms with van der Waals surface area (Å²) in [5.74, 6) is -2.31. The van der Waals surface area contributed by atoms with Crippen molar-refractivity contribution in [1.82, 2.24) is 10.6 Å². The maximum Gasteiger partial charge on any atom is 0.325 e. The van der Waals surface area contributed by atoms with Crippen molar-refractivity contribution in [3.8, 4) is 0 Å². The number of rotatable bonds is 7. The molecule has 0 aliphatic carbocycles. The number of ether oxygens (including phenoxy) is 1. The summed E-state index contributed by atoms with van der Waals surface area (Å²) >= 11 is 0. The summed E-state index contributed by atoms with van der Waals surface area (Å²) in [6, 6.07) is 5.09. The number of hydrogen-bond acceptors (Lipinski definition) is 4. The molecule has 6 nitrogen and oxygen atoms in total. The molecule has 0 saturated heterocycles. The van der Waals surface area contributed by atoms with Gasteiger partial charge in [-0.3, -0.25) is 14.4 Å². The summed E-state index contributed by atoms with van der Waals surface area (Å²) in [6.07, 6.45) is 0.753. The highest BCUT2D eigenvalue weighted by Crippen LogP contribution is 2.26. The molecule has 0 fully saturated rings. The van der Waals surface area contributed by atoms with Crippen molar-refractivity contribution < 1.29 is 23.5 Å². The first-order chi connectivity index (χ1) is 11.9. The lowest BCUT2D eigenvalue weighted by molar-refractivity contribution is -0.148. The second-order valence-corrected chi connectivity index (χ2v) is 8.02. The molecule has 0 radical (unpaired) electrons. The zero-order valence-electron chi connectivity index (χ0n) is 15.9. The summed E-state index contributed by atoms with van der Waals surface area (Å²) in [5, 5.41) is 5.14. The number of amides is 2. The Kier molecular flexibility index (Phi) is 7.29. The first-order valence-electron chi connectivity index (χ1n) is 8.38. The van der Waals surface area contributed by atoms with Crippen LogP contribution in [0.3, 0.4) is 0 Å². The van der Waals surface area contributed by atoms with E-state index in [1.54, 1.807) is 0 Å². The minimum Gasteiger partial charge on any atom is -0.454 e. The van der Waals surface area contributed by atoms with Crippen LogP contribution in [0.15, 0.2) is 24.3 Å². The van der Waals surface area contributed by atoms with Crippen molar-refractivity contribution in [1.29, 1.82) is 0 Å². The SMILES string of the molecule is CC(C)(C)CC(C)(C)NC(=O)COC(=O)CNC(=O)c1cccc(F)c1. The second kappa shape index (κ2) is 8.78. The van der Waals surface area contributed by atoms with Crippen molar-refractivity contribution in [3.05, 3.63) is 35.6 Å². The highest BCUT2D eigenvalue weighted by molar-refractivity contribution is 5.96. The largest absolute Gasteiger partial charge is 0.454 e. The zero-order valence-corrected chi connectivity index (χ0v) is 15.9. The molecule has 26 heavy (non-hydrogen) atoms. The highest BCUT2D eigenvalue weighted by Gasteiger charge is 2.27. The predicted octanol–water partition coefficient (Wildman–Crippen LogP) is 2.43. The monoisotopic (exact) mass is 366 g/mol. The molecule has 0 spiro atoms. The van der Waals surface area contributed by atoms with Crippen LogP contribution in [0.5, 0.6) is 0 Å². The standard InChI is InChI=1S/C19H27FN2O4/c1-18(2,3)12-19(4,5)22-15(23)11-26-16(24)10-21-17(25)13-7-6-8-14(20)9-13/h6-9H,10-12H2,1-5H3,(H,21,25)(H,22,23). The lowest BCUT2D eigenvalue weighted by Crippen LogP contribution is -2.47. The average Bonchev–Trinajstić information content (AvgIpc) is 2.47. The van der Waals surface area contributed by atoms with Crippen molar-refractivity contribution in [2.45, 2.75) is 46.6 Å². The van der Waals surface area contributed by atoms with E-state index < -0.39 is 42.3 Å². The Labute approximate surface area is 153 Å². The van der Waals surface area contributed by atoms with Gasteiger partial charge >= 0.3 is 5.97 Å². The first-order valence-corrected chi connectivity index (χ1v) is 8.38. The molecule has 144 valence electrons. The van der Waals surface area contributed by atoms with Gasteiger partial charge in [-0.05, 0) is 43.9 Å². The summed E-state index contributed by atoms with van der Waals surface area (Å²) in [4.78, 5) is 35.4. The van der Waals surface area contributed by atoms with Crippen LogP contribution in [0, 0.1) is 11.2 Å². The molecule has 1 aromatic carbocycles. The van der Waals surface area contributed by atoms with E-state index in [2.05, 4.69) is 31.4 Å². The van der Waals surface area contributed by atoms with Crippen LogP contribution in [0.1, 0.15) is 51.4 Å². The Balaban J connectivity index is 2.37. The van der Waals surface area contributed by atoms with E-state index in [0.29, 0.717) is 0 Å². The molecule has 0 bridgehead atoms. The molecular formula is C19H27FN2O4. The van der Waals surface area contributed by atoms with E-state index in [9.17, 15) is 18.8 Å². The van der Waals surface area contributed by atoms with Gasteiger partial charge in [-0.2, -0.15) is 0 Å². The quantitative estimate of drug-likeness (QED) is 0.726. The van der Waals surface area contributed by atoms with Gasteiger partial charge in [0.25, 0.3) is 11.8 Å². The molecule has 0 aromatic heterocycles. The topological polar surface area (TPSA) is 84.5 Å². The lowest BCUT2D eigenvalue weighted by Gasteiger charge is -2.33. The molecule has 1 aromatic rings. The van der Waals surface area contributed by atoms with E-state index >= 15 is 0 Å². The Morgan fingerprint density at radius 3 is 2.35 bits per heavy atom. The first kappa shape index (κ1) is 21.6. The van der Waals surface area contributed by atoms with Crippen LogP contribution >= 0.6 is 0 Å². The number of carbonyl (C=O) groups excluding carboxylic acids is 3. The third-order valence-corrected chi connectivity index (χ3v) is 3.29. The zero-order chi connectivity index (χ0) is 20.0. The fraction of sp³-hybridized carbons (Fsp3) is 0.526. The van der Waals surface area contributed by atoms with Gasteiger partial charge in [0, 0.05) is 11.1 Å². The number of esters is 1. The molecule has 0 unspecified atom stereocenters. The van der Waals surface area contributed by atoms with E-state index in [-0.39, 0.29) is 11.0 Å². The normalized spacial score (nSPS) is 11.6. The third-order valence-electron chi connectivity index (χ3n) is 3.29. The Morgan fingerprint density at radius 2 is 1.77 bits per heavy atom. The number of benzene rings is 1. The maximum atomic E-state index is 13.1. The third kappa shape index (κ3) is 8.60. The molecule has 7 heteroatoms. The molecule has 0 heterocycles. The minimum absolute atomic E-state index is 0.0364. The molecule has 2 N–H and O–H groups in total. The Hall–Kier alpha value is -2.44.